The number of ether oxygens (including phenoxy) is 1. The van der Waals surface area contributed by atoms with Gasteiger partial charge in [0.2, 0.25) is 17.7 Å². The van der Waals surface area contributed by atoms with Crippen LogP contribution >= 0.6 is 0 Å². The quantitative estimate of drug-likeness (QED) is 0.772. The van der Waals surface area contributed by atoms with E-state index in [0.717, 1.165) is 5.69 Å². The van der Waals surface area contributed by atoms with Crippen LogP contribution in [0.1, 0.15) is 27.2 Å². The maximum atomic E-state index is 13.0. The minimum Gasteiger partial charge on any atom is -0.492 e. The summed E-state index contributed by atoms with van der Waals surface area (Å²) in [6, 6.07) is 7.43. The van der Waals surface area contributed by atoms with Crippen LogP contribution in [-0.2, 0) is 14.4 Å². The van der Waals surface area contributed by atoms with Crippen LogP contribution in [0, 0.1) is 11.8 Å². The Morgan fingerprint density at radius 2 is 1.75 bits per heavy atom. The predicted octanol–water partition coefficient (Wildman–Crippen LogP) is 1.76. The summed E-state index contributed by atoms with van der Waals surface area (Å²) in [4.78, 5) is 42.9. The zero-order chi connectivity index (χ0) is 20.3. The van der Waals surface area contributed by atoms with Gasteiger partial charge in [-0.2, -0.15) is 0 Å². The van der Waals surface area contributed by atoms with E-state index in [0.29, 0.717) is 45.1 Å². The van der Waals surface area contributed by atoms with E-state index in [1.165, 1.54) is 0 Å². The largest absolute Gasteiger partial charge is 0.492 e. The number of piperazine rings is 1. The van der Waals surface area contributed by atoms with Crippen molar-refractivity contribution in [3.8, 4) is 5.75 Å². The van der Waals surface area contributed by atoms with E-state index in [1.54, 1.807) is 9.80 Å². The third-order valence-electron chi connectivity index (χ3n) is 5.33. The van der Waals surface area contributed by atoms with Crippen molar-refractivity contribution in [2.45, 2.75) is 27.2 Å². The standard InChI is InChI=1S/C21H29N3O4/c1-4-28-18-8-6-5-7-17(18)24-14-16(13-19(24)25)21(27)23-11-9-22(10-12-23)20(26)15(2)3/h5-8,15-16H,4,9-14H2,1-3H3. The smallest absolute Gasteiger partial charge is 0.228 e. The fourth-order valence-electron chi connectivity index (χ4n) is 3.83. The number of anilines is 1. The van der Waals surface area contributed by atoms with Gasteiger partial charge in [-0.25, -0.2) is 0 Å². The molecule has 1 atom stereocenters. The molecule has 0 radical (unpaired) electrons. The van der Waals surface area contributed by atoms with Crippen molar-refractivity contribution in [3.63, 3.8) is 0 Å². The molecule has 2 saturated heterocycles. The number of hydrogen-bond acceptors (Lipinski definition) is 4. The fraction of sp³-hybridized carbons (Fsp3) is 0.571. The van der Waals surface area contributed by atoms with Crippen molar-refractivity contribution in [1.29, 1.82) is 0 Å². The van der Waals surface area contributed by atoms with Crippen molar-refractivity contribution < 1.29 is 19.1 Å². The molecular weight excluding hydrogens is 358 g/mol. The maximum absolute atomic E-state index is 13.0. The summed E-state index contributed by atoms with van der Waals surface area (Å²) in [6.45, 7) is 8.72. The topological polar surface area (TPSA) is 70.2 Å². The Balaban J connectivity index is 1.63. The number of carbonyl (C=O) groups excluding carboxylic acids is 3. The SMILES string of the molecule is CCOc1ccccc1N1CC(C(=O)N2CCN(C(=O)C(C)C)CC2)CC1=O. The number of benzene rings is 1. The van der Waals surface area contributed by atoms with Crippen molar-refractivity contribution in [3.05, 3.63) is 24.3 Å². The first kappa shape index (κ1) is 20.2. The van der Waals surface area contributed by atoms with Crippen LogP contribution in [0.25, 0.3) is 0 Å². The number of hydrogen-bond donors (Lipinski definition) is 0. The van der Waals surface area contributed by atoms with E-state index in [-0.39, 0.29) is 36.0 Å². The number of carbonyl (C=O) groups is 3. The highest BCUT2D eigenvalue weighted by molar-refractivity contribution is 6.01. The van der Waals surface area contributed by atoms with Crippen LogP contribution in [0.3, 0.4) is 0 Å². The van der Waals surface area contributed by atoms with E-state index < -0.39 is 0 Å². The lowest BCUT2D eigenvalue weighted by Gasteiger charge is -2.36. The van der Waals surface area contributed by atoms with E-state index in [4.69, 9.17) is 4.74 Å². The Morgan fingerprint density at radius 3 is 2.39 bits per heavy atom. The van der Waals surface area contributed by atoms with Crippen LogP contribution < -0.4 is 9.64 Å². The zero-order valence-corrected chi connectivity index (χ0v) is 16.9. The van der Waals surface area contributed by atoms with Gasteiger partial charge in [0.15, 0.2) is 0 Å². The van der Waals surface area contributed by atoms with E-state index >= 15 is 0 Å². The Kier molecular flexibility index (Phi) is 6.21. The van der Waals surface area contributed by atoms with Gasteiger partial charge in [-0.15, -0.1) is 0 Å². The molecule has 1 aromatic carbocycles. The minimum atomic E-state index is -0.352. The number of nitrogens with zero attached hydrogens (tertiary/aromatic N) is 3. The van der Waals surface area contributed by atoms with Gasteiger partial charge in [0.25, 0.3) is 0 Å². The molecule has 152 valence electrons. The van der Waals surface area contributed by atoms with Crippen LogP contribution in [-0.4, -0.2) is 66.9 Å². The summed E-state index contributed by atoms with van der Waals surface area (Å²) in [5.74, 6) is 0.345. The second kappa shape index (κ2) is 8.63. The van der Waals surface area contributed by atoms with E-state index in [2.05, 4.69) is 0 Å². The molecule has 2 aliphatic rings. The predicted molar refractivity (Wildman–Crippen MR) is 106 cm³/mol. The fourth-order valence-corrected chi connectivity index (χ4v) is 3.83. The summed E-state index contributed by atoms with van der Waals surface area (Å²) in [5, 5.41) is 0. The number of para-hydroxylation sites is 2. The molecular formula is C21H29N3O4. The second-order valence-electron chi connectivity index (χ2n) is 7.61. The van der Waals surface area contributed by atoms with Crippen molar-refractivity contribution >= 4 is 23.4 Å². The lowest BCUT2D eigenvalue weighted by atomic mass is 10.1. The van der Waals surface area contributed by atoms with Gasteiger partial charge in [0, 0.05) is 45.1 Å². The molecule has 0 saturated carbocycles. The Hall–Kier alpha value is -2.57. The minimum absolute atomic E-state index is 0.00128. The summed E-state index contributed by atoms with van der Waals surface area (Å²) in [7, 11) is 0. The molecule has 1 unspecified atom stereocenters. The van der Waals surface area contributed by atoms with E-state index in [1.807, 2.05) is 49.9 Å². The second-order valence-corrected chi connectivity index (χ2v) is 7.61. The normalized spacial score (nSPS) is 20.1. The monoisotopic (exact) mass is 387 g/mol. The van der Waals surface area contributed by atoms with Crippen LogP contribution in [0.2, 0.25) is 0 Å². The van der Waals surface area contributed by atoms with Gasteiger partial charge in [0.1, 0.15) is 5.75 Å². The average Bonchev–Trinajstić information content (AvgIpc) is 3.09. The van der Waals surface area contributed by atoms with Crippen molar-refractivity contribution in [2.24, 2.45) is 11.8 Å². The molecule has 7 nitrogen and oxygen atoms in total. The molecule has 2 aliphatic heterocycles. The maximum Gasteiger partial charge on any atom is 0.228 e. The molecule has 0 aromatic heterocycles. The van der Waals surface area contributed by atoms with Crippen LogP contribution in [0.5, 0.6) is 5.75 Å². The zero-order valence-electron chi connectivity index (χ0n) is 16.9. The van der Waals surface area contributed by atoms with Gasteiger partial charge in [-0.05, 0) is 19.1 Å². The van der Waals surface area contributed by atoms with Crippen molar-refractivity contribution in [2.75, 3.05) is 44.2 Å². The molecule has 7 heteroatoms. The van der Waals surface area contributed by atoms with E-state index in [9.17, 15) is 14.4 Å². The first-order chi connectivity index (χ1) is 13.4. The average molecular weight is 387 g/mol. The highest BCUT2D eigenvalue weighted by atomic mass is 16.5. The number of rotatable bonds is 5. The Bertz CT molecular complexity index is 741. The van der Waals surface area contributed by atoms with Crippen LogP contribution in [0.4, 0.5) is 5.69 Å². The lowest BCUT2D eigenvalue weighted by Crippen LogP contribution is -2.53. The molecule has 1 aromatic rings. The summed E-state index contributed by atoms with van der Waals surface area (Å²) < 4.78 is 5.64. The molecule has 0 spiro atoms. The summed E-state index contributed by atoms with van der Waals surface area (Å²) in [5.41, 5.74) is 0.719. The van der Waals surface area contributed by atoms with Crippen LogP contribution in [0.15, 0.2) is 24.3 Å². The molecule has 0 bridgehead atoms. The number of amides is 3. The Morgan fingerprint density at radius 1 is 1.11 bits per heavy atom. The highest BCUT2D eigenvalue weighted by Crippen LogP contribution is 2.33. The summed E-state index contributed by atoms with van der Waals surface area (Å²) >= 11 is 0. The lowest BCUT2D eigenvalue weighted by molar-refractivity contribution is -0.143. The van der Waals surface area contributed by atoms with Gasteiger partial charge >= 0.3 is 0 Å². The molecule has 3 rings (SSSR count). The highest BCUT2D eigenvalue weighted by Gasteiger charge is 2.39. The Labute approximate surface area is 166 Å². The molecule has 0 aliphatic carbocycles. The molecule has 3 amide bonds. The molecule has 2 heterocycles. The molecule has 2 fully saturated rings. The first-order valence-corrected chi connectivity index (χ1v) is 10.0. The molecule has 28 heavy (non-hydrogen) atoms. The van der Waals surface area contributed by atoms with Gasteiger partial charge < -0.3 is 19.4 Å². The molecule has 0 N–H and O–H groups in total. The van der Waals surface area contributed by atoms with Gasteiger partial charge in [-0.3, -0.25) is 14.4 Å². The summed E-state index contributed by atoms with van der Waals surface area (Å²) in [6.07, 6.45) is 0.213. The first-order valence-electron chi connectivity index (χ1n) is 10.0. The van der Waals surface area contributed by atoms with Gasteiger partial charge in [0.05, 0.1) is 18.2 Å². The third-order valence-corrected chi connectivity index (χ3v) is 5.33. The van der Waals surface area contributed by atoms with Gasteiger partial charge in [-0.1, -0.05) is 26.0 Å². The third kappa shape index (κ3) is 4.13. The van der Waals surface area contributed by atoms with Crippen molar-refractivity contribution in [1.82, 2.24) is 9.80 Å².